The highest BCUT2D eigenvalue weighted by Gasteiger charge is 2.09. The van der Waals surface area contributed by atoms with Gasteiger partial charge in [0, 0.05) is 12.3 Å². The lowest BCUT2D eigenvalue weighted by molar-refractivity contribution is -0.121. The van der Waals surface area contributed by atoms with Gasteiger partial charge in [0.1, 0.15) is 5.78 Å². The lowest BCUT2D eigenvalue weighted by Gasteiger charge is -2.06. The van der Waals surface area contributed by atoms with E-state index in [2.05, 4.69) is 6.58 Å². The van der Waals surface area contributed by atoms with Crippen LogP contribution >= 0.6 is 0 Å². The average molecular weight is 155 g/mol. The second-order valence-electron chi connectivity index (χ2n) is 2.79. The number of ketones is 1. The molecule has 0 heterocycles. The molecule has 0 aliphatic rings. The van der Waals surface area contributed by atoms with Gasteiger partial charge in [0.25, 0.3) is 0 Å². The van der Waals surface area contributed by atoms with E-state index in [1.54, 1.807) is 6.08 Å². The molecule has 0 aliphatic heterocycles. The topological polar surface area (TPSA) is 43.1 Å². The number of rotatable bonds is 6. The first-order chi connectivity index (χ1) is 5.22. The maximum absolute atomic E-state index is 11.1. The number of hydrogen-bond donors (Lipinski definition) is 1. The van der Waals surface area contributed by atoms with Crippen molar-refractivity contribution < 1.29 is 4.79 Å². The summed E-state index contributed by atoms with van der Waals surface area (Å²) >= 11 is 0. The van der Waals surface area contributed by atoms with Gasteiger partial charge in [0.05, 0.1) is 0 Å². The van der Waals surface area contributed by atoms with Crippen LogP contribution in [0.3, 0.4) is 0 Å². The highest BCUT2D eigenvalue weighted by molar-refractivity contribution is 5.81. The SMILES string of the molecule is C=CCC(=O)C(C)CCCN. The van der Waals surface area contributed by atoms with Crippen LogP contribution in [-0.4, -0.2) is 12.3 Å². The van der Waals surface area contributed by atoms with Gasteiger partial charge in [-0.3, -0.25) is 4.79 Å². The molecule has 0 amide bonds. The summed E-state index contributed by atoms with van der Waals surface area (Å²) in [6, 6.07) is 0. The van der Waals surface area contributed by atoms with E-state index in [1.807, 2.05) is 6.92 Å². The number of hydrogen-bond acceptors (Lipinski definition) is 2. The zero-order valence-electron chi connectivity index (χ0n) is 7.18. The Hall–Kier alpha value is -0.630. The Bertz CT molecular complexity index is 132. The maximum Gasteiger partial charge on any atom is 0.139 e. The molecule has 0 bridgehead atoms. The van der Waals surface area contributed by atoms with E-state index in [9.17, 15) is 4.79 Å². The lowest BCUT2D eigenvalue weighted by atomic mass is 9.98. The van der Waals surface area contributed by atoms with Crippen molar-refractivity contribution in [2.24, 2.45) is 11.7 Å². The number of carbonyl (C=O) groups is 1. The molecule has 2 N–H and O–H groups in total. The van der Waals surface area contributed by atoms with Crippen LogP contribution in [0.2, 0.25) is 0 Å². The van der Waals surface area contributed by atoms with Crippen LogP contribution in [0.15, 0.2) is 12.7 Å². The van der Waals surface area contributed by atoms with E-state index < -0.39 is 0 Å². The Balaban J connectivity index is 3.54. The van der Waals surface area contributed by atoms with Crippen molar-refractivity contribution >= 4 is 5.78 Å². The summed E-state index contributed by atoms with van der Waals surface area (Å²) in [5.74, 6) is 0.421. The molecule has 0 radical (unpaired) electrons. The van der Waals surface area contributed by atoms with E-state index in [1.165, 1.54) is 0 Å². The van der Waals surface area contributed by atoms with Gasteiger partial charge in [0.2, 0.25) is 0 Å². The van der Waals surface area contributed by atoms with Gasteiger partial charge in [-0.15, -0.1) is 6.58 Å². The van der Waals surface area contributed by atoms with Gasteiger partial charge in [-0.2, -0.15) is 0 Å². The molecular formula is C9H17NO. The molecule has 2 nitrogen and oxygen atoms in total. The Morgan fingerprint density at radius 1 is 1.73 bits per heavy atom. The Morgan fingerprint density at radius 3 is 2.82 bits per heavy atom. The Labute approximate surface area is 68.5 Å². The largest absolute Gasteiger partial charge is 0.330 e. The molecule has 2 heteroatoms. The molecule has 1 atom stereocenters. The fourth-order valence-electron chi connectivity index (χ4n) is 0.928. The van der Waals surface area contributed by atoms with Gasteiger partial charge >= 0.3 is 0 Å². The summed E-state index contributed by atoms with van der Waals surface area (Å²) < 4.78 is 0. The van der Waals surface area contributed by atoms with Crippen LogP contribution in [0, 0.1) is 5.92 Å². The summed E-state index contributed by atoms with van der Waals surface area (Å²) in [4.78, 5) is 11.1. The predicted octanol–water partition coefficient (Wildman–Crippen LogP) is 1.51. The molecule has 0 saturated carbocycles. The zero-order chi connectivity index (χ0) is 8.69. The van der Waals surface area contributed by atoms with Crippen molar-refractivity contribution in [1.29, 1.82) is 0 Å². The van der Waals surface area contributed by atoms with Crippen molar-refractivity contribution in [3.63, 3.8) is 0 Å². The fraction of sp³-hybridized carbons (Fsp3) is 0.667. The molecule has 11 heavy (non-hydrogen) atoms. The van der Waals surface area contributed by atoms with Crippen molar-refractivity contribution in [1.82, 2.24) is 0 Å². The predicted molar refractivity (Wildman–Crippen MR) is 47.3 cm³/mol. The fourth-order valence-corrected chi connectivity index (χ4v) is 0.928. The molecule has 0 aliphatic carbocycles. The first kappa shape index (κ1) is 10.4. The number of nitrogens with two attached hydrogens (primary N) is 1. The molecule has 0 aromatic carbocycles. The molecule has 0 saturated heterocycles. The zero-order valence-corrected chi connectivity index (χ0v) is 7.18. The monoisotopic (exact) mass is 155 g/mol. The summed E-state index contributed by atoms with van der Waals surface area (Å²) in [7, 11) is 0. The van der Waals surface area contributed by atoms with Crippen LogP contribution < -0.4 is 5.73 Å². The van der Waals surface area contributed by atoms with Crippen LogP contribution in [0.5, 0.6) is 0 Å². The van der Waals surface area contributed by atoms with E-state index >= 15 is 0 Å². The van der Waals surface area contributed by atoms with Crippen molar-refractivity contribution in [3.8, 4) is 0 Å². The lowest BCUT2D eigenvalue weighted by Crippen LogP contribution is -2.11. The van der Waals surface area contributed by atoms with Gasteiger partial charge in [-0.25, -0.2) is 0 Å². The van der Waals surface area contributed by atoms with Gasteiger partial charge in [-0.1, -0.05) is 13.0 Å². The number of allylic oxidation sites excluding steroid dienone is 1. The van der Waals surface area contributed by atoms with Gasteiger partial charge < -0.3 is 5.73 Å². The highest BCUT2D eigenvalue weighted by Crippen LogP contribution is 2.08. The summed E-state index contributed by atoms with van der Waals surface area (Å²) in [6.07, 6.45) is 3.99. The molecule has 64 valence electrons. The molecule has 0 aromatic rings. The third-order valence-corrected chi connectivity index (χ3v) is 1.74. The first-order valence-electron chi connectivity index (χ1n) is 4.06. The van der Waals surface area contributed by atoms with E-state index in [4.69, 9.17) is 5.73 Å². The summed E-state index contributed by atoms with van der Waals surface area (Å²) in [5.41, 5.74) is 5.32. The molecule has 1 unspecified atom stereocenters. The molecule has 0 spiro atoms. The van der Waals surface area contributed by atoms with Gasteiger partial charge in [0.15, 0.2) is 0 Å². The second-order valence-corrected chi connectivity index (χ2v) is 2.79. The van der Waals surface area contributed by atoms with Crippen molar-refractivity contribution in [2.45, 2.75) is 26.2 Å². The first-order valence-corrected chi connectivity index (χ1v) is 4.06. The minimum atomic E-state index is 0.150. The summed E-state index contributed by atoms with van der Waals surface area (Å²) in [5, 5.41) is 0. The van der Waals surface area contributed by atoms with Crippen LogP contribution in [-0.2, 0) is 4.79 Å². The van der Waals surface area contributed by atoms with Crippen LogP contribution in [0.4, 0.5) is 0 Å². The number of Topliss-reactive ketones (excluding diaryl/α,β-unsaturated/α-hetero) is 1. The Kier molecular flexibility index (Phi) is 5.75. The summed E-state index contributed by atoms with van der Waals surface area (Å²) in [6.45, 7) is 6.14. The van der Waals surface area contributed by atoms with Crippen molar-refractivity contribution in [2.75, 3.05) is 6.54 Å². The standard InChI is InChI=1S/C9H17NO/c1-3-5-9(11)8(2)6-4-7-10/h3,8H,1,4-7,10H2,2H3. The van der Waals surface area contributed by atoms with Gasteiger partial charge in [-0.05, 0) is 19.4 Å². The van der Waals surface area contributed by atoms with Crippen molar-refractivity contribution in [3.05, 3.63) is 12.7 Å². The van der Waals surface area contributed by atoms with E-state index in [0.29, 0.717) is 13.0 Å². The average Bonchev–Trinajstić information content (AvgIpc) is 2.00. The molecule has 0 fully saturated rings. The highest BCUT2D eigenvalue weighted by atomic mass is 16.1. The third-order valence-electron chi connectivity index (χ3n) is 1.74. The van der Waals surface area contributed by atoms with Crippen LogP contribution in [0.25, 0.3) is 0 Å². The molecule has 0 rings (SSSR count). The quantitative estimate of drug-likeness (QED) is 0.591. The van der Waals surface area contributed by atoms with E-state index in [-0.39, 0.29) is 11.7 Å². The third kappa shape index (κ3) is 4.73. The molecular weight excluding hydrogens is 138 g/mol. The number of carbonyl (C=O) groups excluding carboxylic acids is 1. The minimum absolute atomic E-state index is 0.150. The normalized spacial score (nSPS) is 12.5. The Morgan fingerprint density at radius 2 is 2.36 bits per heavy atom. The second kappa shape index (κ2) is 6.10. The molecule has 0 aromatic heterocycles. The van der Waals surface area contributed by atoms with E-state index in [0.717, 1.165) is 12.8 Å². The smallest absolute Gasteiger partial charge is 0.139 e. The van der Waals surface area contributed by atoms with Crippen LogP contribution in [0.1, 0.15) is 26.2 Å². The minimum Gasteiger partial charge on any atom is -0.330 e. The maximum atomic E-state index is 11.1.